The molecular formula is C4H3F6NO4S2. The number of hydrogen-bond donors (Lipinski definition) is 1. The molecule has 5 nitrogen and oxygen atoms in total. The van der Waals surface area contributed by atoms with E-state index in [1.165, 1.54) is 0 Å². The molecule has 0 saturated heterocycles. The maximum Gasteiger partial charge on any atom is 0.503 e. The van der Waals surface area contributed by atoms with Gasteiger partial charge in [-0.2, -0.15) is 26.3 Å². The van der Waals surface area contributed by atoms with Gasteiger partial charge in [0.05, 0.1) is 5.41 Å². The first-order valence-electron chi connectivity index (χ1n) is 3.23. The second-order valence-electron chi connectivity index (χ2n) is 2.46. The van der Waals surface area contributed by atoms with Crippen molar-refractivity contribution in [2.45, 2.75) is 11.0 Å². The topological polar surface area (TPSA) is 94.3 Å². The normalized spacial score (nSPS) is 16.0. The van der Waals surface area contributed by atoms with Crippen LogP contribution in [0, 0.1) is 0 Å². The average molecular weight is 307 g/mol. The molecule has 0 rings (SSSR count). The zero-order valence-electron chi connectivity index (χ0n) is 7.37. The van der Waals surface area contributed by atoms with Crippen molar-refractivity contribution in [3.8, 4) is 0 Å². The monoisotopic (exact) mass is 307 g/mol. The fraction of sp³-hybridized carbons (Fsp3) is 0.500. The van der Waals surface area contributed by atoms with Gasteiger partial charge < -0.3 is 5.73 Å². The Morgan fingerprint density at radius 3 is 1.47 bits per heavy atom. The lowest BCUT2D eigenvalue weighted by Crippen LogP contribution is -2.30. The van der Waals surface area contributed by atoms with Crippen molar-refractivity contribution in [2.75, 3.05) is 0 Å². The molecule has 0 spiro atoms. The van der Waals surface area contributed by atoms with Crippen molar-refractivity contribution in [3.63, 3.8) is 0 Å². The van der Waals surface area contributed by atoms with Crippen molar-refractivity contribution in [1.29, 1.82) is 0 Å². The zero-order chi connectivity index (χ0) is 14.3. The maximum absolute atomic E-state index is 11.8. The van der Waals surface area contributed by atoms with Crippen LogP contribution in [0.4, 0.5) is 26.3 Å². The molecule has 0 aromatic rings. The summed E-state index contributed by atoms with van der Waals surface area (Å²) in [6.07, 6.45) is 0. The lowest BCUT2D eigenvalue weighted by atomic mass is 11.1. The highest BCUT2D eigenvalue weighted by Crippen LogP contribution is 2.30. The predicted molar refractivity (Wildman–Crippen MR) is 42.2 cm³/mol. The third kappa shape index (κ3) is 3.24. The van der Waals surface area contributed by atoms with Gasteiger partial charge in [0.15, 0.2) is 0 Å². The Labute approximate surface area is 90.7 Å². The molecule has 0 bridgehead atoms. The lowest BCUT2D eigenvalue weighted by Gasteiger charge is -2.08. The van der Waals surface area contributed by atoms with Crippen LogP contribution < -0.4 is 5.73 Å². The van der Waals surface area contributed by atoms with E-state index in [-0.39, 0.29) is 0 Å². The van der Waals surface area contributed by atoms with Crippen molar-refractivity contribution >= 4 is 19.7 Å². The summed E-state index contributed by atoms with van der Waals surface area (Å²) in [6, 6.07) is 0. The van der Waals surface area contributed by atoms with E-state index in [1.807, 2.05) is 0 Å². The fourth-order valence-corrected chi connectivity index (χ4v) is 2.01. The van der Waals surface area contributed by atoms with Crippen molar-refractivity contribution in [1.82, 2.24) is 0 Å². The Bertz CT molecular complexity index is 523. The van der Waals surface area contributed by atoms with Gasteiger partial charge in [0.1, 0.15) is 5.03 Å². The van der Waals surface area contributed by atoms with E-state index in [1.54, 1.807) is 0 Å². The summed E-state index contributed by atoms with van der Waals surface area (Å²) < 4.78 is 112. The first kappa shape index (κ1) is 16.0. The Morgan fingerprint density at radius 2 is 1.24 bits per heavy atom. The van der Waals surface area contributed by atoms with E-state index in [2.05, 4.69) is 5.73 Å². The Morgan fingerprint density at radius 1 is 0.882 bits per heavy atom. The Balaban J connectivity index is 5.76. The van der Waals surface area contributed by atoms with Crippen LogP contribution >= 0.6 is 0 Å². The largest absolute Gasteiger partial charge is 0.503 e. The molecule has 2 N–H and O–H groups in total. The van der Waals surface area contributed by atoms with Gasteiger partial charge in [-0.25, -0.2) is 16.8 Å². The van der Waals surface area contributed by atoms with Crippen LogP contribution in [0.25, 0.3) is 0 Å². The number of nitrogens with two attached hydrogens (primary N) is 1. The Kier molecular flexibility index (Phi) is 3.81. The number of hydrogen-bond acceptors (Lipinski definition) is 5. The lowest BCUT2D eigenvalue weighted by molar-refractivity contribution is -0.0437. The molecule has 0 aromatic heterocycles. The van der Waals surface area contributed by atoms with Gasteiger partial charge in [0.25, 0.3) is 19.7 Å². The summed E-state index contributed by atoms with van der Waals surface area (Å²) in [5.41, 5.74) is -7.74. The molecule has 0 aliphatic heterocycles. The summed E-state index contributed by atoms with van der Waals surface area (Å²) in [7, 11) is -12.5. The molecule has 0 unspecified atom stereocenters. The smallest absolute Gasteiger partial charge is 0.389 e. The molecular weight excluding hydrogens is 304 g/mol. The van der Waals surface area contributed by atoms with E-state index < -0.39 is 41.1 Å². The number of halogens is 6. The van der Waals surface area contributed by atoms with Crippen LogP contribution in [0.5, 0.6) is 0 Å². The SMILES string of the molecule is NC(=CS(=O)(=O)C(F)(F)F)S(=O)(=O)C(F)(F)F. The maximum atomic E-state index is 11.8. The molecule has 0 aromatic carbocycles. The molecule has 0 radical (unpaired) electrons. The minimum absolute atomic E-state index is 1.20. The second kappa shape index (κ2) is 4.04. The minimum atomic E-state index is -6.31. The van der Waals surface area contributed by atoms with E-state index in [4.69, 9.17) is 0 Å². The third-order valence-corrected chi connectivity index (χ3v) is 3.92. The van der Waals surface area contributed by atoms with Crippen LogP contribution in [0.1, 0.15) is 0 Å². The molecule has 0 heterocycles. The molecule has 13 heteroatoms. The molecule has 102 valence electrons. The van der Waals surface area contributed by atoms with Gasteiger partial charge >= 0.3 is 11.0 Å². The first-order valence-corrected chi connectivity index (χ1v) is 6.26. The fourth-order valence-electron chi connectivity index (χ4n) is 0.417. The summed E-state index contributed by atoms with van der Waals surface area (Å²) in [5, 5.41) is -3.65. The number of sulfone groups is 2. The van der Waals surface area contributed by atoms with Crippen LogP contribution in [0.2, 0.25) is 0 Å². The van der Waals surface area contributed by atoms with E-state index >= 15 is 0 Å². The second-order valence-corrected chi connectivity index (χ2v) is 6.19. The van der Waals surface area contributed by atoms with Gasteiger partial charge in [-0.05, 0) is 0 Å². The molecule has 0 atom stereocenters. The quantitative estimate of drug-likeness (QED) is 0.754. The minimum Gasteiger partial charge on any atom is -0.389 e. The van der Waals surface area contributed by atoms with Crippen LogP contribution in [0.15, 0.2) is 10.4 Å². The van der Waals surface area contributed by atoms with Crippen LogP contribution in [0.3, 0.4) is 0 Å². The van der Waals surface area contributed by atoms with Crippen molar-refractivity contribution in [3.05, 3.63) is 10.4 Å². The van der Waals surface area contributed by atoms with Crippen molar-refractivity contribution < 1.29 is 43.2 Å². The first-order chi connectivity index (χ1) is 7.13. The molecule has 0 fully saturated rings. The Hall–Kier alpha value is -0.980. The molecule has 0 saturated carbocycles. The molecule has 0 amide bonds. The summed E-state index contributed by atoms with van der Waals surface area (Å²) in [4.78, 5) is 0. The van der Waals surface area contributed by atoms with Gasteiger partial charge in [-0.1, -0.05) is 0 Å². The van der Waals surface area contributed by atoms with Crippen LogP contribution in [-0.2, 0) is 19.7 Å². The highest BCUT2D eigenvalue weighted by atomic mass is 32.2. The van der Waals surface area contributed by atoms with Gasteiger partial charge in [0, 0.05) is 0 Å². The summed E-state index contributed by atoms with van der Waals surface area (Å²) in [6.45, 7) is 0. The molecule has 0 aliphatic carbocycles. The standard InChI is InChI=1S/C4H3F6NO4S2/c5-3(6,7)16(12,13)1-2(11)17(14,15)4(8,9)10/h1H,11H2. The number of alkyl halides is 6. The summed E-state index contributed by atoms with van der Waals surface area (Å²) >= 11 is 0. The molecule has 17 heavy (non-hydrogen) atoms. The van der Waals surface area contributed by atoms with Gasteiger partial charge in [-0.3, -0.25) is 0 Å². The summed E-state index contributed by atoms with van der Waals surface area (Å²) in [5.74, 6) is 0. The van der Waals surface area contributed by atoms with Crippen LogP contribution in [-0.4, -0.2) is 27.9 Å². The van der Waals surface area contributed by atoms with E-state index in [0.29, 0.717) is 0 Å². The van der Waals surface area contributed by atoms with Gasteiger partial charge in [0.2, 0.25) is 0 Å². The van der Waals surface area contributed by atoms with Crippen molar-refractivity contribution in [2.24, 2.45) is 5.73 Å². The van der Waals surface area contributed by atoms with E-state index in [0.717, 1.165) is 0 Å². The predicted octanol–water partition coefficient (Wildman–Crippen LogP) is 0.613. The number of rotatable bonds is 2. The highest BCUT2D eigenvalue weighted by molar-refractivity contribution is 7.99. The zero-order valence-corrected chi connectivity index (χ0v) is 9.00. The van der Waals surface area contributed by atoms with E-state index in [9.17, 15) is 43.2 Å². The molecule has 0 aliphatic rings. The highest BCUT2D eigenvalue weighted by Gasteiger charge is 2.50. The third-order valence-electron chi connectivity index (χ3n) is 1.21. The average Bonchev–Trinajstić information content (AvgIpc) is 1.98. The van der Waals surface area contributed by atoms with Gasteiger partial charge in [-0.15, -0.1) is 0 Å².